The van der Waals surface area contributed by atoms with E-state index in [4.69, 9.17) is 9.47 Å². The third-order valence-corrected chi connectivity index (χ3v) is 2.14. The smallest absolute Gasteiger partial charge is 0.408 e. The maximum absolute atomic E-state index is 11.3. The molecule has 5 nitrogen and oxygen atoms in total. The van der Waals surface area contributed by atoms with Gasteiger partial charge in [-0.05, 0) is 33.6 Å². The zero-order chi connectivity index (χ0) is 11.5. The van der Waals surface area contributed by atoms with Gasteiger partial charge in [-0.15, -0.1) is 0 Å². The van der Waals surface area contributed by atoms with Crippen molar-refractivity contribution in [1.29, 1.82) is 0 Å². The Bertz CT molecular complexity index is 246. The van der Waals surface area contributed by atoms with Crippen molar-refractivity contribution in [1.82, 2.24) is 5.32 Å². The summed E-state index contributed by atoms with van der Waals surface area (Å²) in [6.45, 7) is 5.81. The Kier molecular flexibility index (Phi) is 3.55. The lowest BCUT2D eigenvalue weighted by molar-refractivity contribution is -0.139. The molecule has 0 aromatic heterocycles. The van der Waals surface area contributed by atoms with Gasteiger partial charge in [0.2, 0.25) is 0 Å². The number of amides is 1. The molecule has 0 spiro atoms. The summed E-state index contributed by atoms with van der Waals surface area (Å²) in [5.41, 5.74) is -0.505. The number of hydrogen-bond acceptors (Lipinski definition) is 4. The number of alkyl carbamates (subject to hydrolysis) is 1. The van der Waals surface area contributed by atoms with Crippen molar-refractivity contribution in [2.45, 2.75) is 51.4 Å². The Hall–Kier alpha value is -1.26. The van der Waals surface area contributed by atoms with Gasteiger partial charge >= 0.3 is 6.09 Å². The Balaban J connectivity index is 2.29. The monoisotopic (exact) mass is 215 g/mol. The van der Waals surface area contributed by atoms with Crippen LogP contribution in [0.2, 0.25) is 0 Å². The van der Waals surface area contributed by atoms with Crippen LogP contribution in [-0.2, 0) is 14.3 Å². The minimum absolute atomic E-state index is 0.106. The van der Waals surface area contributed by atoms with Crippen LogP contribution in [0.15, 0.2) is 0 Å². The van der Waals surface area contributed by atoms with Gasteiger partial charge in [-0.25, -0.2) is 4.79 Å². The third-order valence-electron chi connectivity index (χ3n) is 2.14. The van der Waals surface area contributed by atoms with Crippen molar-refractivity contribution < 1.29 is 19.1 Å². The molecule has 1 rings (SSSR count). The molecule has 0 aromatic carbocycles. The van der Waals surface area contributed by atoms with E-state index in [-0.39, 0.29) is 12.1 Å². The van der Waals surface area contributed by atoms with E-state index in [1.54, 1.807) is 20.8 Å². The van der Waals surface area contributed by atoms with Crippen LogP contribution in [0.1, 0.15) is 33.6 Å². The summed E-state index contributed by atoms with van der Waals surface area (Å²) in [5.74, 6) is 0. The molecule has 5 heteroatoms. The van der Waals surface area contributed by atoms with Crippen molar-refractivity contribution in [3.8, 4) is 0 Å². The molecule has 2 unspecified atom stereocenters. The number of ether oxygens (including phenoxy) is 2. The van der Waals surface area contributed by atoms with E-state index in [1.807, 2.05) is 0 Å². The van der Waals surface area contributed by atoms with Crippen LogP contribution in [0.4, 0.5) is 4.79 Å². The normalized spacial score (nSPS) is 25.0. The molecule has 0 aliphatic heterocycles. The van der Waals surface area contributed by atoms with Crippen molar-refractivity contribution >= 4 is 12.6 Å². The number of rotatable bonds is 3. The van der Waals surface area contributed by atoms with E-state index in [9.17, 15) is 9.59 Å². The Morgan fingerprint density at radius 3 is 2.47 bits per heavy atom. The molecular weight excluding hydrogens is 198 g/mol. The fraction of sp³-hybridized carbons (Fsp3) is 0.800. The minimum Gasteiger partial charge on any atom is -0.462 e. The van der Waals surface area contributed by atoms with Gasteiger partial charge < -0.3 is 14.8 Å². The van der Waals surface area contributed by atoms with E-state index in [1.165, 1.54) is 0 Å². The summed E-state index contributed by atoms with van der Waals surface area (Å²) in [6, 6.07) is -0.106. The highest BCUT2D eigenvalue weighted by molar-refractivity contribution is 5.68. The second-order valence-electron chi connectivity index (χ2n) is 4.60. The van der Waals surface area contributed by atoms with Crippen LogP contribution in [-0.4, -0.2) is 30.3 Å². The lowest BCUT2D eigenvalue weighted by Gasteiger charge is -2.35. The molecule has 1 fully saturated rings. The maximum atomic E-state index is 11.3. The van der Waals surface area contributed by atoms with Crippen molar-refractivity contribution in [2.24, 2.45) is 0 Å². The number of carbonyl (C=O) groups is 2. The van der Waals surface area contributed by atoms with E-state index >= 15 is 0 Å². The first-order chi connectivity index (χ1) is 6.92. The summed E-state index contributed by atoms with van der Waals surface area (Å²) >= 11 is 0. The molecule has 0 aromatic rings. The zero-order valence-corrected chi connectivity index (χ0v) is 9.28. The summed E-state index contributed by atoms with van der Waals surface area (Å²) in [7, 11) is 0. The van der Waals surface area contributed by atoms with Gasteiger partial charge in [-0.3, -0.25) is 4.79 Å². The molecule has 0 bridgehead atoms. The van der Waals surface area contributed by atoms with Crippen LogP contribution in [0.25, 0.3) is 0 Å². The van der Waals surface area contributed by atoms with E-state index in [2.05, 4.69) is 5.32 Å². The highest BCUT2D eigenvalue weighted by Gasteiger charge is 2.34. The summed E-state index contributed by atoms with van der Waals surface area (Å²) < 4.78 is 9.85. The largest absolute Gasteiger partial charge is 0.462 e. The van der Waals surface area contributed by atoms with Crippen LogP contribution < -0.4 is 5.32 Å². The standard InChI is InChI=1S/C10H17NO4/c1-10(2,3)15-9(13)11-7-4-5-8(7)14-6-12/h6-8H,4-5H2,1-3H3,(H,11,13). The van der Waals surface area contributed by atoms with Gasteiger partial charge in [0.15, 0.2) is 0 Å². The Labute approximate surface area is 89.1 Å². The summed E-state index contributed by atoms with van der Waals surface area (Å²) in [4.78, 5) is 21.4. The fourth-order valence-corrected chi connectivity index (χ4v) is 1.33. The molecule has 1 aliphatic rings. The van der Waals surface area contributed by atoms with Gasteiger partial charge in [0.05, 0.1) is 6.04 Å². The number of hydrogen-bond donors (Lipinski definition) is 1. The summed E-state index contributed by atoms with van der Waals surface area (Å²) in [6.07, 6.45) is 0.943. The molecular formula is C10H17NO4. The second-order valence-corrected chi connectivity index (χ2v) is 4.60. The van der Waals surface area contributed by atoms with Gasteiger partial charge in [-0.1, -0.05) is 0 Å². The lowest BCUT2D eigenvalue weighted by Crippen LogP contribution is -2.52. The van der Waals surface area contributed by atoms with Gasteiger partial charge in [0, 0.05) is 0 Å². The highest BCUT2D eigenvalue weighted by Crippen LogP contribution is 2.23. The predicted octanol–water partition coefficient (Wildman–Crippen LogP) is 1.22. The molecule has 0 saturated heterocycles. The van der Waals surface area contributed by atoms with Crippen LogP contribution in [0, 0.1) is 0 Å². The molecule has 1 saturated carbocycles. The SMILES string of the molecule is CC(C)(C)OC(=O)NC1CCC1OC=O. The van der Waals surface area contributed by atoms with E-state index in [0.29, 0.717) is 6.47 Å². The molecule has 0 heterocycles. The first-order valence-corrected chi connectivity index (χ1v) is 5.01. The van der Waals surface area contributed by atoms with E-state index in [0.717, 1.165) is 12.8 Å². The number of nitrogens with one attached hydrogen (secondary N) is 1. The van der Waals surface area contributed by atoms with Crippen LogP contribution >= 0.6 is 0 Å². The second kappa shape index (κ2) is 4.51. The quantitative estimate of drug-likeness (QED) is 0.719. The molecule has 15 heavy (non-hydrogen) atoms. The topological polar surface area (TPSA) is 64.6 Å². The molecule has 86 valence electrons. The molecule has 1 N–H and O–H groups in total. The Morgan fingerprint density at radius 2 is 2.07 bits per heavy atom. The van der Waals surface area contributed by atoms with Gasteiger partial charge in [0.1, 0.15) is 11.7 Å². The summed E-state index contributed by atoms with van der Waals surface area (Å²) in [5, 5.41) is 2.66. The molecule has 2 atom stereocenters. The average molecular weight is 215 g/mol. The molecule has 1 amide bonds. The number of carbonyl (C=O) groups excluding carboxylic acids is 2. The average Bonchev–Trinajstić information content (AvgIpc) is 2.06. The van der Waals surface area contributed by atoms with Crippen molar-refractivity contribution in [2.75, 3.05) is 0 Å². The van der Waals surface area contributed by atoms with Gasteiger partial charge in [-0.2, -0.15) is 0 Å². The molecule has 0 radical (unpaired) electrons. The van der Waals surface area contributed by atoms with Crippen LogP contribution in [0.5, 0.6) is 0 Å². The zero-order valence-electron chi connectivity index (χ0n) is 9.28. The minimum atomic E-state index is -0.505. The van der Waals surface area contributed by atoms with E-state index < -0.39 is 11.7 Å². The maximum Gasteiger partial charge on any atom is 0.408 e. The van der Waals surface area contributed by atoms with Crippen molar-refractivity contribution in [3.05, 3.63) is 0 Å². The van der Waals surface area contributed by atoms with Gasteiger partial charge in [0.25, 0.3) is 6.47 Å². The molecule has 1 aliphatic carbocycles. The third kappa shape index (κ3) is 3.77. The fourth-order valence-electron chi connectivity index (χ4n) is 1.33. The first kappa shape index (κ1) is 11.8. The lowest BCUT2D eigenvalue weighted by atomic mass is 9.89. The van der Waals surface area contributed by atoms with Crippen molar-refractivity contribution in [3.63, 3.8) is 0 Å². The highest BCUT2D eigenvalue weighted by atomic mass is 16.6. The first-order valence-electron chi connectivity index (χ1n) is 5.01. The predicted molar refractivity (Wildman–Crippen MR) is 53.3 cm³/mol. The van der Waals surface area contributed by atoms with Crippen LogP contribution in [0.3, 0.4) is 0 Å². The Morgan fingerprint density at radius 1 is 1.40 bits per heavy atom.